The van der Waals surface area contributed by atoms with Gasteiger partial charge in [-0.2, -0.15) is 0 Å². The van der Waals surface area contributed by atoms with Gasteiger partial charge in [-0.1, -0.05) is 65.7 Å². The van der Waals surface area contributed by atoms with Gasteiger partial charge in [-0.05, 0) is 36.8 Å². The third kappa shape index (κ3) is 3.51. The van der Waals surface area contributed by atoms with Crippen molar-refractivity contribution in [3.63, 3.8) is 0 Å². The normalized spacial score (nSPS) is 11.0. The van der Waals surface area contributed by atoms with E-state index in [1.807, 2.05) is 49.4 Å². The zero-order valence-electron chi connectivity index (χ0n) is 15.0. The molecule has 4 aromatic rings. The molecule has 0 radical (unpaired) electrons. The minimum Gasteiger partial charge on any atom is -0.481 e. The molecule has 1 aromatic heterocycles. The van der Waals surface area contributed by atoms with Crippen molar-refractivity contribution in [1.82, 2.24) is 0 Å². The quantitative estimate of drug-likeness (QED) is 0.377. The average Bonchev–Trinajstić information content (AvgIpc) is 2.69. The minimum absolute atomic E-state index is 0.0560. The third-order valence-corrected chi connectivity index (χ3v) is 5.17. The van der Waals surface area contributed by atoms with E-state index in [9.17, 15) is 4.79 Å². The number of ether oxygens (including phenoxy) is 1. The van der Waals surface area contributed by atoms with Gasteiger partial charge in [0.15, 0.2) is 5.76 Å². The van der Waals surface area contributed by atoms with Crippen LogP contribution in [0.3, 0.4) is 0 Å². The zero-order chi connectivity index (χ0) is 19.7. The first-order chi connectivity index (χ1) is 13.5. The van der Waals surface area contributed by atoms with Crippen LogP contribution in [-0.2, 0) is 6.61 Å². The van der Waals surface area contributed by atoms with E-state index in [0.29, 0.717) is 32.3 Å². The predicted octanol–water partition coefficient (Wildman–Crippen LogP) is 6.65. The average molecular weight is 411 g/mol. The monoisotopic (exact) mass is 410 g/mol. The Morgan fingerprint density at radius 3 is 2.36 bits per heavy atom. The summed E-state index contributed by atoms with van der Waals surface area (Å²) >= 11 is 12.5. The molecular formula is C23H16Cl2O3. The van der Waals surface area contributed by atoms with E-state index >= 15 is 0 Å². The first-order valence-corrected chi connectivity index (χ1v) is 9.49. The Bertz CT molecular complexity index is 1190. The molecule has 0 aliphatic carbocycles. The van der Waals surface area contributed by atoms with Crippen LogP contribution in [-0.4, -0.2) is 0 Å². The molecule has 0 N–H and O–H groups in total. The van der Waals surface area contributed by atoms with Gasteiger partial charge >= 0.3 is 0 Å². The molecule has 28 heavy (non-hydrogen) atoms. The number of fused-ring (bicyclic) bond motifs is 1. The first-order valence-electron chi connectivity index (χ1n) is 8.73. The van der Waals surface area contributed by atoms with Crippen LogP contribution in [0.2, 0.25) is 10.0 Å². The lowest BCUT2D eigenvalue weighted by Gasteiger charge is -2.13. The molecule has 0 aliphatic heterocycles. The summed E-state index contributed by atoms with van der Waals surface area (Å²) in [6.45, 7) is 2.01. The number of hydrogen-bond acceptors (Lipinski definition) is 3. The van der Waals surface area contributed by atoms with Gasteiger partial charge in [-0.25, -0.2) is 0 Å². The van der Waals surface area contributed by atoms with Crippen LogP contribution in [0.1, 0.15) is 11.1 Å². The van der Waals surface area contributed by atoms with E-state index in [2.05, 4.69) is 0 Å². The van der Waals surface area contributed by atoms with Crippen LogP contribution in [0.4, 0.5) is 0 Å². The molecule has 0 aliphatic rings. The highest BCUT2D eigenvalue weighted by atomic mass is 35.5. The van der Waals surface area contributed by atoms with E-state index in [1.54, 1.807) is 24.3 Å². The van der Waals surface area contributed by atoms with Gasteiger partial charge in [0.05, 0.1) is 5.39 Å². The van der Waals surface area contributed by atoms with E-state index in [1.165, 1.54) is 0 Å². The number of benzene rings is 3. The molecule has 0 saturated carbocycles. The molecule has 1 heterocycles. The van der Waals surface area contributed by atoms with Crippen LogP contribution in [0.5, 0.6) is 5.75 Å². The van der Waals surface area contributed by atoms with Crippen molar-refractivity contribution in [2.75, 3.05) is 0 Å². The first kappa shape index (κ1) is 18.6. The molecule has 140 valence electrons. The Morgan fingerprint density at radius 1 is 0.929 bits per heavy atom. The van der Waals surface area contributed by atoms with Crippen LogP contribution < -0.4 is 10.2 Å². The lowest BCUT2D eigenvalue weighted by atomic mass is 10.1. The maximum absolute atomic E-state index is 13.2. The lowest BCUT2D eigenvalue weighted by Crippen LogP contribution is -2.10. The van der Waals surface area contributed by atoms with Gasteiger partial charge in [0.25, 0.3) is 0 Å². The predicted molar refractivity (Wildman–Crippen MR) is 113 cm³/mol. The molecule has 0 spiro atoms. The van der Waals surface area contributed by atoms with Crippen LogP contribution in [0.25, 0.3) is 22.3 Å². The Morgan fingerprint density at radius 2 is 1.64 bits per heavy atom. The molecular weight excluding hydrogens is 395 g/mol. The van der Waals surface area contributed by atoms with Crippen molar-refractivity contribution in [3.05, 3.63) is 98.1 Å². The Labute approximate surface area is 172 Å². The fourth-order valence-corrected chi connectivity index (χ4v) is 3.52. The van der Waals surface area contributed by atoms with Crippen molar-refractivity contribution in [1.29, 1.82) is 0 Å². The molecule has 3 aromatic carbocycles. The highest BCUT2D eigenvalue weighted by Gasteiger charge is 2.19. The lowest BCUT2D eigenvalue weighted by molar-refractivity contribution is 0.298. The number of hydrogen-bond donors (Lipinski definition) is 0. The van der Waals surface area contributed by atoms with Crippen molar-refractivity contribution in [2.24, 2.45) is 0 Å². The van der Waals surface area contributed by atoms with Crippen molar-refractivity contribution >= 4 is 34.2 Å². The van der Waals surface area contributed by atoms with Crippen molar-refractivity contribution in [2.45, 2.75) is 13.5 Å². The fraction of sp³-hybridized carbons (Fsp3) is 0.0870. The Kier molecular flexibility index (Phi) is 5.12. The van der Waals surface area contributed by atoms with Gasteiger partial charge < -0.3 is 9.15 Å². The summed E-state index contributed by atoms with van der Waals surface area (Å²) in [5.41, 5.74) is 2.66. The summed E-state index contributed by atoms with van der Waals surface area (Å²) in [6, 6.07) is 20.1. The summed E-state index contributed by atoms with van der Waals surface area (Å²) in [6.07, 6.45) is 0. The second-order valence-corrected chi connectivity index (χ2v) is 7.26. The largest absolute Gasteiger partial charge is 0.481 e. The SMILES string of the molecule is Cc1ccc2c(=O)c(OCc3c(Cl)cccc3Cl)c(-c3ccccc3)oc2c1. The van der Waals surface area contributed by atoms with E-state index in [-0.39, 0.29) is 17.8 Å². The van der Waals surface area contributed by atoms with Gasteiger partial charge in [-0.15, -0.1) is 0 Å². The summed E-state index contributed by atoms with van der Waals surface area (Å²) < 4.78 is 12.0. The molecule has 0 unspecified atom stereocenters. The van der Waals surface area contributed by atoms with Gasteiger partial charge in [0, 0.05) is 21.2 Å². The maximum atomic E-state index is 13.2. The third-order valence-electron chi connectivity index (χ3n) is 4.46. The molecule has 0 saturated heterocycles. The number of aryl methyl sites for hydroxylation is 1. The highest BCUT2D eigenvalue weighted by molar-refractivity contribution is 6.35. The Balaban J connectivity index is 1.87. The van der Waals surface area contributed by atoms with Crippen molar-refractivity contribution in [3.8, 4) is 17.1 Å². The number of halogens is 2. The molecule has 0 amide bonds. The summed E-state index contributed by atoms with van der Waals surface area (Å²) in [5.74, 6) is 0.519. The molecule has 0 atom stereocenters. The summed E-state index contributed by atoms with van der Waals surface area (Å²) in [4.78, 5) is 13.2. The molecule has 0 bridgehead atoms. The van der Waals surface area contributed by atoms with Crippen LogP contribution >= 0.6 is 23.2 Å². The maximum Gasteiger partial charge on any atom is 0.235 e. The second-order valence-electron chi connectivity index (χ2n) is 6.44. The van der Waals surface area contributed by atoms with E-state index in [4.69, 9.17) is 32.4 Å². The molecule has 4 rings (SSSR count). The van der Waals surface area contributed by atoms with Crippen LogP contribution in [0.15, 0.2) is 75.9 Å². The summed E-state index contributed by atoms with van der Waals surface area (Å²) in [5, 5.41) is 1.43. The topological polar surface area (TPSA) is 39.4 Å². The zero-order valence-corrected chi connectivity index (χ0v) is 16.6. The molecule has 0 fully saturated rings. The Hall–Kier alpha value is -2.75. The van der Waals surface area contributed by atoms with Gasteiger partial charge in [0.1, 0.15) is 12.2 Å². The smallest absolute Gasteiger partial charge is 0.235 e. The minimum atomic E-state index is -0.233. The van der Waals surface area contributed by atoms with E-state index < -0.39 is 0 Å². The van der Waals surface area contributed by atoms with E-state index in [0.717, 1.165) is 11.1 Å². The fourth-order valence-electron chi connectivity index (χ4n) is 3.01. The van der Waals surface area contributed by atoms with Crippen molar-refractivity contribution < 1.29 is 9.15 Å². The summed E-state index contributed by atoms with van der Waals surface area (Å²) in [7, 11) is 0. The second kappa shape index (κ2) is 7.70. The molecule has 5 heteroatoms. The van der Waals surface area contributed by atoms with Crippen LogP contribution in [0, 0.1) is 6.92 Å². The standard InChI is InChI=1S/C23H16Cl2O3/c1-14-10-11-16-20(12-14)28-22(15-6-3-2-4-7-15)23(21(16)26)27-13-17-18(24)8-5-9-19(17)25/h2-12H,13H2,1H3. The van der Waals surface area contributed by atoms with Gasteiger partial charge in [-0.3, -0.25) is 4.79 Å². The number of rotatable bonds is 4. The molecule has 3 nitrogen and oxygen atoms in total. The van der Waals surface area contributed by atoms with Gasteiger partial charge in [0.2, 0.25) is 11.2 Å². The highest BCUT2D eigenvalue weighted by Crippen LogP contribution is 2.33.